The summed E-state index contributed by atoms with van der Waals surface area (Å²) in [5, 5.41) is 13.2. The summed E-state index contributed by atoms with van der Waals surface area (Å²) < 4.78 is 1.78. The molecule has 0 saturated carbocycles. The summed E-state index contributed by atoms with van der Waals surface area (Å²) in [6.45, 7) is 8.44. The Morgan fingerprint density at radius 2 is 1.85 bits per heavy atom. The number of nitrogens with zero attached hydrogens (tertiary/aromatic N) is 2. The van der Waals surface area contributed by atoms with Crippen molar-refractivity contribution in [3.05, 3.63) is 47.3 Å². The van der Waals surface area contributed by atoms with E-state index in [2.05, 4.69) is 38.0 Å². The second-order valence-corrected chi connectivity index (χ2v) is 6.06. The van der Waals surface area contributed by atoms with Crippen molar-refractivity contribution in [3.8, 4) is 5.69 Å². The molecule has 20 heavy (non-hydrogen) atoms. The summed E-state index contributed by atoms with van der Waals surface area (Å²) >= 11 is 0. The topological polar surface area (TPSA) is 55.1 Å². The second-order valence-electron chi connectivity index (χ2n) is 6.06. The first-order valence-electron chi connectivity index (χ1n) is 6.65. The van der Waals surface area contributed by atoms with E-state index in [4.69, 9.17) is 5.11 Å². The van der Waals surface area contributed by atoms with Crippen LogP contribution in [0.5, 0.6) is 0 Å². The molecule has 0 radical (unpaired) electrons. The molecule has 2 aromatic rings. The molecule has 0 atom stereocenters. The summed E-state index contributed by atoms with van der Waals surface area (Å²) in [5.74, 6) is -0.863. The monoisotopic (exact) mass is 272 g/mol. The Morgan fingerprint density at radius 3 is 2.35 bits per heavy atom. The van der Waals surface area contributed by atoms with Crippen LogP contribution in [0.3, 0.4) is 0 Å². The fraction of sp³-hybridized carbons (Fsp3) is 0.375. The van der Waals surface area contributed by atoms with Crippen LogP contribution >= 0.6 is 0 Å². The van der Waals surface area contributed by atoms with Gasteiger partial charge in [0.2, 0.25) is 0 Å². The van der Waals surface area contributed by atoms with Gasteiger partial charge in [0.05, 0.1) is 17.8 Å². The SMILES string of the molecule is Cc1cc(CC(=O)O)nn1-c1ccc(C(C)(C)C)cc1. The minimum Gasteiger partial charge on any atom is -0.481 e. The molecule has 0 spiro atoms. The predicted octanol–water partition coefficient (Wildman–Crippen LogP) is 3.11. The van der Waals surface area contributed by atoms with Crippen molar-refractivity contribution in [1.29, 1.82) is 0 Å². The van der Waals surface area contributed by atoms with E-state index in [0.29, 0.717) is 5.69 Å². The van der Waals surface area contributed by atoms with Crippen molar-refractivity contribution in [2.24, 2.45) is 0 Å². The molecule has 106 valence electrons. The average molecular weight is 272 g/mol. The molecule has 2 rings (SSSR count). The number of carboxylic acids is 1. The fourth-order valence-corrected chi connectivity index (χ4v) is 2.14. The quantitative estimate of drug-likeness (QED) is 0.934. The Bertz CT molecular complexity index is 619. The van der Waals surface area contributed by atoms with E-state index in [0.717, 1.165) is 11.4 Å². The molecule has 4 nitrogen and oxygen atoms in total. The number of rotatable bonds is 3. The number of hydrogen-bond acceptors (Lipinski definition) is 2. The van der Waals surface area contributed by atoms with Gasteiger partial charge in [-0.2, -0.15) is 5.10 Å². The molecule has 0 aliphatic rings. The smallest absolute Gasteiger partial charge is 0.309 e. The Morgan fingerprint density at radius 1 is 1.25 bits per heavy atom. The number of aromatic nitrogens is 2. The van der Waals surface area contributed by atoms with Crippen molar-refractivity contribution in [2.45, 2.75) is 39.5 Å². The Balaban J connectivity index is 2.32. The Kier molecular flexibility index (Phi) is 3.66. The third-order valence-corrected chi connectivity index (χ3v) is 3.25. The maximum atomic E-state index is 10.7. The van der Waals surface area contributed by atoms with Gasteiger partial charge in [0, 0.05) is 5.69 Å². The summed E-state index contributed by atoms with van der Waals surface area (Å²) in [4.78, 5) is 10.7. The van der Waals surface area contributed by atoms with Crippen molar-refractivity contribution >= 4 is 5.97 Å². The van der Waals surface area contributed by atoms with Crippen LogP contribution in [0.4, 0.5) is 0 Å². The van der Waals surface area contributed by atoms with E-state index in [-0.39, 0.29) is 11.8 Å². The van der Waals surface area contributed by atoms with Gasteiger partial charge in [-0.3, -0.25) is 4.79 Å². The first kappa shape index (κ1) is 14.3. The molecular formula is C16H20N2O2. The van der Waals surface area contributed by atoms with Gasteiger partial charge in [0.25, 0.3) is 0 Å². The molecule has 0 fully saturated rings. The summed E-state index contributed by atoms with van der Waals surface area (Å²) in [5.41, 5.74) is 3.84. The van der Waals surface area contributed by atoms with Crippen LogP contribution in [-0.4, -0.2) is 20.9 Å². The third kappa shape index (κ3) is 3.07. The molecule has 1 N–H and O–H groups in total. The first-order chi connectivity index (χ1) is 9.27. The Hall–Kier alpha value is -2.10. The lowest BCUT2D eigenvalue weighted by atomic mass is 9.87. The van der Waals surface area contributed by atoms with Crippen molar-refractivity contribution in [2.75, 3.05) is 0 Å². The van der Waals surface area contributed by atoms with Gasteiger partial charge in [-0.05, 0) is 36.1 Å². The number of aliphatic carboxylic acids is 1. The molecule has 4 heteroatoms. The highest BCUT2D eigenvalue weighted by Crippen LogP contribution is 2.23. The number of benzene rings is 1. The standard InChI is InChI=1S/C16H20N2O2/c1-11-9-13(10-15(19)20)17-18(11)14-7-5-12(6-8-14)16(2,3)4/h5-9H,10H2,1-4H3,(H,19,20). The van der Waals surface area contributed by atoms with Gasteiger partial charge in [-0.25, -0.2) is 4.68 Å². The largest absolute Gasteiger partial charge is 0.481 e. The number of aryl methyl sites for hydroxylation is 1. The minimum atomic E-state index is -0.863. The molecule has 1 aromatic carbocycles. The number of hydrogen-bond donors (Lipinski definition) is 1. The van der Waals surface area contributed by atoms with Gasteiger partial charge in [0.15, 0.2) is 0 Å². The summed E-state index contributed by atoms with van der Waals surface area (Å²) in [6, 6.07) is 10.0. The molecule has 0 aliphatic carbocycles. The number of carboxylic acid groups (broad SMARTS) is 1. The van der Waals surface area contributed by atoms with Crippen LogP contribution in [0.15, 0.2) is 30.3 Å². The van der Waals surface area contributed by atoms with Crippen LogP contribution in [-0.2, 0) is 16.6 Å². The Labute approximate surface area is 119 Å². The maximum Gasteiger partial charge on any atom is 0.309 e. The molecule has 0 unspecified atom stereocenters. The first-order valence-corrected chi connectivity index (χ1v) is 6.65. The second kappa shape index (κ2) is 5.12. The lowest BCUT2D eigenvalue weighted by molar-refractivity contribution is -0.136. The van der Waals surface area contributed by atoms with E-state index < -0.39 is 5.97 Å². The molecule has 1 aromatic heterocycles. The normalized spacial score (nSPS) is 11.6. The highest BCUT2D eigenvalue weighted by molar-refractivity contribution is 5.69. The highest BCUT2D eigenvalue weighted by atomic mass is 16.4. The van der Waals surface area contributed by atoms with Gasteiger partial charge in [-0.15, -0.1) is 0 Å². The maximum absolute atomic E-state index is 10.7. The highest BCUT2D eigenvalue weighted by Gasteiger charge is 2.14. The van der Waals surface area contributed by atoms with Gasteiger partial charge in [0.1, 0.15) is 0 Å². The van der Waals surface area contributed by atoms with Crippen molar-refractivity contribution < 1.29 is 9.90 Å². The lowest BCUT2D eigenvalue weighted by Crippen LogP contribution is -2.11. The van der Waals surface area contributed by atoms with Crippen LogP contribution < -0.4 is 0 Å². The molecule has 0 bridgehead atoms. The summed E-state index contributed by atoms with van der Waals surface area (Å²) in [7, 11) is 0. The predicted molar refractivity (Wildman–Crippen MR) is 78.3 cm³/mol. The zero-order valence-electron chi connectivity index (χ0n) is 12.3. The third-order valence-electron chi connectivity index (χ3n) is 3.25. The van der Waals surface area contributed by atoms with Gasteiger partial charge in [-0.1, -0.05) is 32.9 Å². The zero-order chi connectivity index (χ0) is 14.9. The fourth-order valence-electron chi connectivity index (χ4n) is 2.14. The molecule has 0 amide bonds. The van der Waals surface area contributed by atoms with E-state index in [9.17, 15) is 4.79 Å². The molecule has 1 heterocycles. The van der Waals surface area contributed by atoms with E-state index in [1.807, 2.05) is 25.1 Å². The van der Waals surface area contributed by atoms with E-state index in [1.165, 1.54) is 5.56 Å². The van der Waals surface area contributed by atoms with Crippen LogP contribution in [0.1, 0.15) is 37.7 Å². The minimum absolute atomic E-state index is 0.0477. The van der Waals surface area contributed by atoms with Crippen LogP contribution in [0.2, 0.25) is 0 Å². The zero-order valence-corrected chi connectivity index (χ0v) is 12.3. The average Bonchev–Trinajstić information content (AvgIpc) is 2.68. The van der Waals surface area contributed by atoms with E-state index in [1.54, 1.807) is 4.68 Å². The molecule has 0 aliphatic heterocycles. The van der Waals surface area contributed by atoms with Gasteiger partial charge >= 0.3 is 5.97 Å². The summed E-state index contributed by atoms with van der Waals surface area (Å²) in [6.07, 6.45) is -0.0477. The van der Waals surface area contributed by atoms with E-state index >= 15 is 0 Å². The van der Waals surface area contributed by atoms with Crippen LogP contribution in [0, 0.1) is 6.92 Å². The molecule has 0 saturated heterocycles. The van der Waals surface area contributed by atoms with Crippen molar-refractivity contribution in [1.82, 2.24) is 9.78 Å². The van der Waals surface area contributed by atoms with Crippen molar-refractivity contribution in [3.63, 3.8) is 0 Å². The lowest BCUT2D eigenvalue weighted by Gasteiger charge is -2.19. The van der Waals surface area contributed by atoms with Crippen LogP contribution in [0.25, 0.3) is 5.69 Å². The van der Waals surface area contributed by atoms with Gasteiger partial charge < -0.3 is 5.11 Å². The number of carbonyl (C=O) groups is 1. The molecular weight excluding hydrogens is 252 g/mol.